The number of amides is 1. The smallest absolute Gasteiger partial charge is 0.272 e. The maximum absolute atomic E-state index is 12.7. The predicted molar refractivity (Wildman–Crippen MR) is 80.9 cm³/mol. The van der Waals surface area contributed by atoms with E-state index in [0.29, 0.717) is 25.3 Å². The average molecular weight is 287 g/mol. The molecule has 0 fully saturated rings. The minimum Gasteiger partial charge on any atom is -0.395 e. The van der Waals surface area contributed by atoms with Crippen LogP contribution in [0.15, 0.2) is 36.4 Å². The van der Waals surface area contributed by atoms with Gasteiger partial charge in [0.1, 0.15) is 5.69 Å². The van der Waals surface area contributed by atoms with Crippen molar-refractivity contribution in [3.63, 3.8) is 0 Å². The number of aliphatic hydroxyl groups is 1. The van der Waals surface area contributed by atoms with Gasteiger partial charge in [-0.25, -0.2) is 0 Å². The molecule has 0 radical (unpaired) electrons. The van der Waals surface area contributed by atoms with E-state index in [4.69, 9.17) is 0 Å². The van der Waals surface area contributed by atoms with Crippen molar-refractivity contribution in [1.29, 1.82) is 0 Å². The zero-order valence-electron chi connectivity index (χ0n) is 12.5. The summed E-state index contributed by atoms with van der Waals surface area (Å²) in [6.45, 7) is 5.20. The highest BCUT2D eigenvalue weighted by Gasteiger charge is 2.20. The topological polar surface area (TPSA) is 58.4 Å². The molecule has 5 heteroatoms. The Morgan fingerprint density at radius 2 is 2.05 bits per heavy atom. The fourth-order valence-electron chi connectivity index (χ4n) is 2.30. The number of hydrogen-bond donors (Lipinski definition) is 1. The summed E-state index contributed by atoms with van der Waals surface area (Å²) in [5.41, 5.74) is 2.43. The van der Waals surface area contributed by atoms with E-state index < -0.39 is 0 Å². The Morgan fingerprint density at radius 1 is 1.33 bits per heavy atom. The lowest BCUT2D eigenvalue weighted by molar-refractivity contribution is 0.0695. The molecule has 1 amide bonds. The molecule has 0 aliphatic rings. The number of hydrogen-bond acceptors (Lipinski definition) is 3. The van der Waals surface area contributed by atoms with Gasteiger partial charge in [-0.1, -0.05) is 30.3 Å². The fourth-order valence-corrected chi connectivity index (χ4v) is 2.30. The van der Waals surface area contributed by atoms with E-state index in [2.05, 4.69) is 5.10 Å². The van der Waals surface area contributed by atoms with Crippen LogP contribution < -0.4 is 0 Å². The van der Waals surface area contributed by atoms with E-state index in [9.17, 15) is 9.90 Å². The van der Waals surface area contributed by atoms with Crippen LogP contribution in [0.5, 0.6) is 0 Å². The van der Waals surface area contributed by atoms with E-state index in [1.54, 1.807) is 15.6 Å². The van der Waals surface area contributed by atoms with Crippen molar-refractivity contribution in [3.8, 4) is 0 Å². The van der Waals surface area contributed by atoms with Crippen LogP contribution in [0.2, 0.25) is 0 Å². The van der Waals surface area contributed by atoms with Gasteiger partial charge in [0.2, 0.25) is 0 Å². The Morgan fingerprint density at radius 3 is 2.67 bits per heavy atom. The quantitative estimate of drug-likeness (QED) is 0.882. The summed E-state index contributed by atoms with van der Waals surface area (Å²) in [6.07, 6.45) is 0. The van der Waals surface area contributed by atoms with Gasteiger partial charge in [0.15, 0.2) is 0 Å². The minimum absolute atomic E-state index is 0.0577. The van der Waals surface area contributed by atoms with Crippen molar-refractivity contribution in [2.75, 3.05) is 13.2 Å². The third-order valence-corrected chi connectivity index (χ3v) is 3.29. The molecule has 2 rings (SSSR count). The summed E-state index contributed by atoms with van der Waals surface area (Å²) in [5, 5.41) is 13.5. The van der Waals surface area contributed by atoms with Crippen LogP contribution in [0.25, 0.3) is 0 Å². The fraction of sp³-hybridized carbons (Fsp3) is 0.375. The molecular formula is C16H21N3O2. The summed E-state index contributed by atoms with van der Waals surface area (Å²) in [7, 11) is 0. The third-order valence-electron chi connectivity index (χ3n) is 3.29. The minimum atomic E-state index is -0.102. The van der Waals surface area contributed by atoms with Crippen LogP contribution in [-0.4, -0.2) is 38.8 Å². The first-order chi connectivity index (χ1) is 10.2. The van der Waals surface area contributed by atoms with Gasteiger partial charge < -0.3 is 10.0 Å². The van der Waals surface area contributed by atoms with Crippen molar-refractivity contribution >= 4 is 5.91 Å². The number of nitrogens with zero attached hydrogens (tertiary/aromatic N) is 3. The number of carbonyl (C=O) groups is 1. The third kappa shape index (κ3) is 3.70. The molecule has 112 valence electrons. The van der Waals surface area contributed by atoms with Crippen molar-refractivity contribution in [2.45, 2.75) is 26.9 Å². The van der Waals surface area contributed by atoms with Gasteiger partial charge in [0.05, 0.1) is 12.3 Å². The van der Waals surface area contributed by atoms with E-state index >= 15 is 0 Å². The first kappa shape index (κ1) is 15.3. The van der Waals surface area contributed by atoms with Gasteiger partial charge >= 0.3 is 0 Å². The number of aliphatic hydroxyl groups excluding tert-OH is 1. The van der Waals surface area contributed by atoms with Crippen molar-refractivity contribution < 1.29 is 9.90 Å². The lowest BCUT2D eigenvalue weighted by atomic mass is 10.2. The van der Waals surface area contributed by atoms with Crippen LogP contribution >= 0.6 is 0 Å². The molecule has 2 aromatic rings. The van der Waals surface area contributed by atoms with Crippen molar-refractivity contribution in [2.24, 2.45) is 0 Å². The maximum Gasteiger partial charge on any atom is 0.272 e. The predicted octanol–water partition coefficient (Wildman–Crippen LogP) is 1.85. The molecule has 1 aromatic heterocycles. The van der Waals surface area contributed by atoms with E-state index in [1.807, 2.05) is 44.2 Å². The standard InChI is InChI=1S/C16H21N3O2/c1-3-19-15(11-13(2)17-19)16(21)18(9-10-20)12-14-7-5-4-6-8-14/h4-8,11,20H,3,9-10,12H2,1-2H3. The summed E-state index contributed by atoms with van der Waals surface area (Å²) >= 11 is 0. The van der Waals surface area contributed by atoms with Gasteiger partial charge in [0, 0.05) is 19.6 Å². The molecule has 0 aliphatic carbocycles. The molecule has 5 nitrogen and oxygen atoms in total. The lowest BCUT2D eigenvalue weighted by Crippen LogP contribution is -2.34. The molecule has 1 N–H and O–H groups in total. The average Bonchev–Trinajstić information content (AvgIpc) is 2.88. The molecule has 0 aliphatic heterocycles. The Kier molecular flexibility index (Phi) is 5.11. The Balaban J connectivity index is 2.22. The molecular weight excluding hydrogens is 266 g/mol. The van der Waals surface area contributed by atoms with Gasteiger partial charge in [-0.15, -0.1) is 0 Å². The number of aromatic nitrogens is 2. The van der Waals surface area contributed by atoms with Crippen molar-refractivity contribution in [1.82, 2.24) is 14.7 Å². The summed E-state index contributed by atoms with van der Waals surface area (Å²) < 4.78 is 1.70. The second-order valence-electron chi connectivity index (χ2n) is 4.92. The highest BCUT2D eigenvalue weighted by Crippen LogP contribution is 2.11. The highest BCUT2D eigenvalue weighted by molar-refractivity contribution is 5.92. The van der Waals surface area contributed by atoms with Crippen LogP contribution in [0.4, 0.5) is 0 Å². The molecule has 0 atom stereocenters. The number of rotatable bonds is 6. The monoisotopic (exact) mass is 287 g/mol. The Labute approximate surface area is 124 Å². The van der Waals surface area contributed by atoms with E-state index in [1.165, 1.54) is 0 Å². The molecule has 0 saturated heterocycles. The van der Waals surface area contributed by atoms with Crippen LogP contribution in [0.3, 0.4) is 0 Å². The summed E-state index contributed by atoms with van der Waals surface area (Å²) in [6, 6.07) is 11.6. The molecule has 0 unspecified atom stereocenters. The normalized spacial score (nSPS) is 10.6. The zero-order valence-corrected chi connectivity index (χ0v) is 12.5. The van der Waals surface area contributed by atoms with Crippen LogP contribution in [0.1, 0.15) is 28.7 Å². The number of benzene rings is 1. The Hall–Kier alpha value is -2.14. The number of aryl methyl sites for hydroxylation is 2. The van der Waals surface area contributed by atoms with Crippen LogP contribution in [-0.2, 0) is 13.1 Å². The summed E-state index contributed by atoms with van der Waals surface area (Å²) in [5.74, 6) is -0.102. The first-order valence-electron chi connectivity index (χ1n) is 7.14. The largest absolute Gasteiger partial charge is 0.395 e. The second-order valence-corrected chi connectivity index (χ2v) is 4.92. The summed E-state index contributed by atoms with van der Waals surface area (Å²) in [4.78, 5) is 14.3. The highest BCUT2D eigenvalue weighted by atomic mass is 16.3. The van der Waals surface area contributed by atoms with Gasteiger partial charge in [-0.3, -0.25) is 9.48 Å². The van der Waals surface area contributed by atoms with Crippen molar-refractivity contribution in [3.05, 3.63) is 53.3 Å². The molecule has 0 bridgehead atoms. The first-order valence-corrected chi connectivity index (χ1v) is 7.14. The maximum atomic E-state index is 12.7. The molecule has 21 heavy (non-hydrogen) atoms. The SMILES string of the molecule is CCn1nc(C)cc1C(=O)N(CCO)Cc1ccccc1. The van der Waals surface area contributed by atoms with E-state index in [-0.39, 0.29) is 12.5 Å². The van der Waals surface area contributed by atoms with Gasteiger partial charge in [0.25, 0.3) is 5.91 Å². The molecule has 1 heterocycles. The Bertz CT molecular complexity index is 593. The molecule has 0 saturated carbocycles. The number of carbonyl (C=O) groups excluding carboxylic acids is 1. The lowest BCUT2D eigenvalue weighted by Gasteiger charge is -2.22. The van der Waals surface area contributed by atoms with Gasteiger partial charge in [-0.2, -0.15) is 5.10 Å². The van der Waals surface area contributed by atoms with Gasteiger partial charge in [-0.05, 0) is 25.5 Å². The second kappa shape index (κ2) is 7.04. The molecule has 1 aromatic carbocycles. The van der Waals surface area contributed by atoms with E-state index in [0.717, 1.165) is 11.3 Å². The zero-order chi connectivity index (χ0) is 15.2. The van der Waals surface area contributed by atoms with Crippen LogP contribution in [0, 0.1) is 6.92 Å². The molecule has 0 spiro atoms.